The summed E-state index contributed by atoms with van der Waals surface area (Å²) in [6, 6.07) is 35.0. The zero-order valence-corrected chi connectivity index (χ0v) is 17.8. The molecule has 0 saturated carbocycles. The molecule has 0 bridgehead atoms. The number of aryl methyl sites for hydroxylation is 1. The van der Waals surface area contributed by atoms with Crippen molar-refractivity contribution >= 4 is 23.0 Å². The smallest absolute Gasteiger partial charge is 0.310 e. The normalized spacial score (nSPS) is 10.5. The predicted octanol–water partition coefficient (Wildman–Crippen LogP) is 7.45. The Balaban J connectivity index is 1.64. The van der Waals surface area contributed by atoms with Crippen molar-refractivity contribution in [3.63, 3.8) is 0 Å². The van der Waals surface area contributed by atoms with E-state index >= 15 is 0 Å². The summed E-state index contributed by atoms with van der Waals surface area (Å²) in [5.74, 6) is 0.344. The molecule has 0 fully saturated rings. The monoisotopic (exact) mass is 407 g/mol. The highest BCUT2D eigenvalue weighted by Gasteiger charge is 2.12. The molecule has 31 heavy (non-hydrogen) atoms. The Kier molecular flexibility index (Phi) is 6.13. The molecule has 3 heteroatoms. The summed E-state index contributed by atoms with van der Waals surface area (Å²) in [5.41, 5.74) is 6.73. The Labute approximate surface area is 183 Å². The Morgan fingerprint density at radius 1 is 0.710 bits per heavy atom. The lowest BCUT2D eigenvalue weighted by molar-refractivity contribution is -0.134. The van der Waals surface area contributed by atoms with E-state index in [4.69, 9.17) is 4.74 Å². The molecule has 0 aliphatic carbocycles. The highest BCUT2D eigenvalue weighted by molar-refractivity contribution is 5.78. The number of esters is 1. The first-order chi connectivity index (χ1) is 15.1. The van der Waals surface area contributed by atoms with Gasteiger partial charge in [0, 0.05) is 23.5 Å². The van der Waals surface area contributed by atoms with Crippen molar-refractivity contribution in [3.8, 4) is 16.9 Å². The van der Waals surface area contributed by atoms with Crippen LogP contribution >= 0.6 is 0 Å². The summed E-state index contributed by atoms with van der Waals surface area (Å²) in [6.45, 7) is 3.89. The van der Waals surface area contributed by atoms with E-state index in [2.05, 4.69) is 84.6 Å². The van der Waals surface area contributed by atoms with Crippen LogP contribution in [0.3, 0.4) is 0 Å². The molecule has 4 aromatic rings. The van der Waals surface area contributed by atoms with Gasteiger partial charge >= 0.3 is 5.97 Å². The van der Waals surface area contributed by atoms with Crippen LogP contribution < -0.4 is 9.64 Å². The molecule has 0 amide bonds. The highest BCUT2D eigenvalue weighted by Crippen LogP contribution is 2.35. The fourth-order valence-corrected chi connectivity index (χ4v) is 3.51. The molecule has 0 N–H and O–H groups in total. The van der Waals surface area contributed by atoms with Crippen LogP contribution in [0.2, 0.25) is 0 Å². The molecule has 0 heterocycles. The van der Waals surface area contributed by atoms with Crippen LogP contribution in [-0.4, -0.2) is 5.97 Å². The number of para-hydroxylation sites is 1. The number of benzene rings is 4. The first-order valence-electron chi connectivity index (χ1n) is 10.5. The zero-order valence-electron chi connectivity index (χ0n) is 17.8. The second kappa shape index (κ2) is 9.31. The van der Waals surface area contributed by atoms with Gasteiger partial charge in [-0.2, -0.15) is 0 Å². The molecule has 0 aliphatic heterocycles. The summed E-state index contributed by atoms with van der Waals surface area (Å²) in [6.07, 6.45) is 0.363. The summed E-state index contributed by atoms with van der Waals surface area (Å²) < 4.78 is 5.27. The summed E-state index contributed by atoms with van der Waals surface area (Å²) in [4.78, 5) is 13.7. The van der Waals surface area contributed by atoms with E-state index in [1.165, 1.54) is 5.56 Å². The van der Waals surface area contributed by atoms with Gasteiger partial charge in [-0.05, 0) is 72.1 Å². The number of anilines is 3. The van der Waals surface area contributed by atoms with Crippen LogP contribution in [0, 0.1) is 6.92 Å². The number of hydrogen-bond donors (Lipinski definition) is 0. The van der Waals surface area contributed by atoms with Crippen molar-refractivity contribution in [2.24, 2.45) is 0 Å². The number of ether oxygens (including phenoxy) is 1. The maximum Gasteiger partial charge on any atom is 0.310 e. The lowest BCUT2D eigenvalue weighted by Gasteiger charge is -2.26. The highest BCUT2D eigenvalue weighted by atomic mass is 16.5. The Hall–Kier alpha value is -3.85. The molecule has 0 radical (unpaired) electrons. The standard InChI is InChI=1S/C28H25NO2/c1-3-28(30)31-27-18-14-23(15-19-27)22-12-16-25(17-13-22)29(24-9-5-4-6-10-24)26-11-7-8-21(2)20-26/h4-20H,3H2,1-2H3. The molecule has 0 saturated heterocycles. The van der Waals surface area contributed by atoms with Gasteiger partial charge in [0.15, 0.2) is 0 Å². The molecule has 0 aromatic heterocycles. The topological polar surface area (TPSA) is 29.5 Å². The van der Waals surface area contributed by atoms with Crippen molar-refractivity contribution in [2.75, 3.05) is 4.90 Å². The van der Waals surface area contributed by atoms with Crippen LogP contribution in [0.15, 0.2) is 103 Å². The number of carbonyl (C=O) groups is 1. The number of carbonyl (C=O) groups excluding carboxylic acids is 1. The molecule has 4 rings (SSSR count). The molecular formula is C28H25NO2. The van der Waals surface area contributed by atoms with Crippen LogP contribution in [0.5, 0.6) is 5.75 Å². The third-order valence-electron chi connectivity index (χ3n) is 5.11. The Morgan fingerprint density at radius 3 is 1.90 bits per heavy atom. The second-order valence-corrected chi connectivity index (χ2v) is 7.41. The minimum Gasteiger partial charge on any atom is -0.427 e. The number of nitrogens with zero attached hydrogens (tertiary/aromatic N) is 1. The van der Waals surface area contributed by atoms with Gasteiger partial charge in [-0.25, -0.2) is 0 Å². The summed E-state index contributed by atoms with van der Waals surface area (Å²) >= 11 is 0. The second-order valence-electron chi connectivity index (χ2n) is 7.41. The first kappa shape index (κ1) is 20.4. The van der Waals surface area contributed by atoms with Crippen LogP contribution in [0.4, 0.5) is 17.1 Å². The van der Waals surface area contributed by atoms with Gasteiger partial charge in [-0.15, -0.1) is 0 Å². The van der Waals surface area contributed by atoms with Gasteiger partial charge in [-0.3, -0.25) is 4.79 Å². The van der Waals surface area contributed by atoms with E-state index in [0.29, 0.717) is 12.2 Å². The predicted molar refractivity (Wildman–Crippen MR) is 127 cm³/mol. The first-order valence-corrected chi connectivity index (χ1v) is 10.5. The third kappa shape index (κ3) is 4.84. The van der Waals surface area contributed by atoms with Gasteiger partial charge in [0.05, 0.1) is 0 Å². The fourth-order valence-electron chi connectivity index (χ4n) is 3.51. The van der Waals surface area contributed by atoms with Crippen LogP contribution in [-0.2, 0) is 4.79 Å². The molecule has 0 atom stereocenters. The largest absolute Gasteiger partial charge is 0.427 e. The number of hydrogen-bond acceptors (Lipinski definition) is 3. The molecule has 4 aromatic carbocycles. The van der Waals surface area contributed by atoms with Gasteiger partial charge in [0.25, 0.3) is 0 Å². The van der Waals surface area contributed by atoms with Crippen molar-refractivity contribution in [1.29, 1.82) is 0 Å². The third-order valence-corrected chi connectivity index (χ3v) is 5.11. The maximum absolute atomic E-state index is 11.5. The van der Waals surface area contributed by atoms with Crippen molar-refractivity contribution in [1.82, 2.24) is 0 Å². The van der Waals surface area contributed by atoms with Gasteiger partial charge in [0.1, 0.15) is 5.75 Å². The van der Waals surface area contributed by atoms with Crippen molar-refractivity contribution in [3.05, 3.63) is 109 Å². The van der Waals surface area contributed by atoms with E-state index in [9.17, 15) is 4.79 Å². The lowest BCUT2D eigenvalue weighted by Crippen LogP contribution is -2.09. The van der Waals surface area contributed by atoms with E-state index in [1.54, 1.807) is 6.92 Å². The van der Waals surface area contributed by atoms with E-state index in [-0.39, 0.29) is 5.97 Å². The molecule has 154 valence electrons. The quantitative estimate of drug-likeness (QED) is 0.246. The molecule has 0 spiro atoms. The molecule has 3 nitrogen and oxygen atoms in total. The SMILES string of the molecule is CCC(=O)Oc1ccc(-c2ccc(N(c3ccccc3)c3cccc(C)c3)cc2)cc1. The zero-order chi connectivity index (χ0) is 21.6. The minimum atomic E-state index is -0.228. The van der Waals surface area contributed by atoms with Gasteiger partial charge in [0.2, 0.25) is 0 Å². The minimum absolute atomic E-state index is 0.228. The summed E-state index contributed by atoms with van der Waals surface area (Å²) in [7, 11) is 0. The van der Waals surface area contributed by atoms with E-state index < -0.39 is 0 Å². The van der Waals surface area contributed by atoms with Gasteiger partial charge in [-0.1, -0.05) is 61.5 Å². The van der Waals surface area contributed by atoms with E-state index in [1.807, 2.05) is 30.3 Å². The summed E-state index contributed by atoms with van der Waals surface area (Å²) in [5, 5.41) is 0. The van der Waals surface area contributed by atoms with Crippen molar-refractivity contribution in [2.45, 2.75) is 20.3 Å². The van der Waals surface area contributed by atoms with Crippen LogP contribution in [0.25, 0.3) is 11.1 Å². The fraction of sp³-hybridized carbons (Fsp3) is 0.107. The molecule has 0 unspecified atom stereocenters. The number of rotatable bonds is 6. The average molecular weight is 408 g/mol. The Bertz CT molecular complexity index is 1150. The van der Waals surface area contributed by atoms with E-state index in [0.717, 1.165) is 28.2 Å². The molecular weight excluding hydrogens is 382 g/mol. The van der Waals surface area contributed by atoms with Crippen molar-refractivity contribution < 1.29 is 9.53 Å². The average Bonchev–Trinajstić information content (AvgIpc) is 2.81. The molecule has 0 aliphatic rings. The maximum atomic E-state index is 11.5. The van der Waals surface area contributed by atoms with Crippen LogP contribution in [0.1, 0.15) is 18.9 Å². The Morgan fingerprint density at radius 2 is 1.29 bits per heavy atom. The lowest BCUT2D eigenvalue weighted by atomic mass is 10.0. The van der Waals surface area contributed by atoms with Gasteiger partial charge < -0.3 is 9.64 Å².